The number of sulfonamides is 1. The van der Waals surface area contributed by atoms with Crippen molar-refractivity contribution >= 4 is 15.9 Å². The third-order valence-corrected chi connectivity index (χ3v) is 6.19. The summed E-state index contributed by atoms with van der Waals surface area (Å²) < 4.78 is 40.2. The van der Waals surface area contributed by atoms with Gasteiger partial charge in [0.1, 0.15) is 10.7 Å². The first-order valence-corrected chi connectivity index (χ1v) is 9.78. The van der Waals surface area contributed by atoms with Crippen LogP contribution in [0.15, 0.2) is 29.2 Å². The smallest absolute Gasteiger partial charge is 0.245 e. The molecule has 1 amide bonds. The molecule has 1 saturated heterocycles. The Morgan fingerprint density at radius 3 is 2.50 bits per heavy atom. The van der Waals surface area contributed by atoms with E-state index in [4.69, 9.17) is 0 Å². The number of carbonyl (C=O) groups is 1. The monoisotopic (exact) mass is 356 g/mol. The molecule has 1 aliphatic heterocycles. The van der Waals surface area contributed by atoms with Gasteiger partial charge in [-0.25, -0.2) is 12.8 Å². The number of rotatable bonds is 6. The van der Waals surface area contributed by atoms with Gasteiger partial charge in [-0.3, -0.25) is 4.79 Å². The van der Waals surface area contributed by atoms with Gasteiger partial charge in [0.25, 0.3) is 0 Å². The maximum absolute atomic E-state index is 13.8. The highest BCUT2D eigenvalue weighted by atomic mass is 32.2. The number of piperidine rings is 1. The van der Waals surface area contributed by atoms with E-state index in [0.29, 0.717) is 38.3 Å². The molecule has 0 atom stereocenters. The summed E-state index contributed by atoms with van der Waals surface area (Å²) in [4.78, 5) is 11.4. The molecule has 1 N–H and O–H groups in total. The summed E-state index contributed by atoms with van der Waals surface area (Å²) in [6.45, 7) is 4.58. The Labute approximate surface area is 143 Å². The molecule has 1 aromatic rings. The van der Waals surface area contributed by atoms with Crippen LogP contribution in [0.25, 0.3) is 0 Å². The van der Waals surface area contributed by atoms with Crippen LogP contribution >= 0.6 is 0 Å². The van der Waals surface area contributed by atoms with Gasteiger partial charge in [0.05, 0.1) is 0 Å². The molecular formula is C17H25FN2O3S. The number of hydrogen-bond acceptors (Lipinski definition) is 3. The largest absolute Gasteiger partial charge is 0.354 e. The van der Waals surface area contributed by atoms with E-state index in [2.05, 4.69) is 5.32 Å². The maximum Gasteiger partial charge on any atom is 0.245 e. The molecule has 0 saturated carbocycles. The summed E-state index contributed by atoms with van der Waals surface area (Å²) in [6, 6.07) is 5.59. The van der Waals surface area contributed by atoms with Gasteiger partial charge < -0.3 is 5.32 Å². The van der Waals surface area contributed by atoms with Crippen molar-refractivity contribution in [3.63, 3.8) is 0 Å². The van der Waals surface area contributed by atoms with Crippen molar-refractivity contribution in [1.82, 2.24) is 9.62 Å². The lowest BCUT2D eigenvalue weighted by Gasteiger charge is -2.31. The first-order valence-electron chi connectivity index (χ1n) is 8.34. The molecule has 24 heavy (non-hydrogen) atoms. The van der Waals surface area contributed by atoms with Crippen LogP contribution in [0.2, 0.25) is 0 Å². The lowest BCUT2D eigenvalue weighted by molar-refractivity contribution is -0.121. The highest BCUT2D eigenvalue weighted by molar-refractivity contribution is 7.89. The second-order valence-electron chi connectivity index (χ2n) is 6.54. The molecule has 0 unspecified atom stereocenters. The minimum atomic E-state index is -3.78. The van der Waals surface area contributed by atoms with Crippen LogP contribution in [0, 0.1) is 11.7 Å². The van der Waals surface area contributed by atoms with Crippen LogP contribution in [0.1, 0.15) is 39.5 Å². The zero-order valence-corrected chi connectivity index (χ0v) is 15.0. The number of benzene rings is 1. The third-order valence-electron chi connectivity index (χ3n) is 4.26. The number of carbonyl (C=O) groups excluding carboxylic acids is 1. The highest BCUT2D eigenvalue weighted by Gasteiger charge is 2.31. The Balaban J connectivity index is 1.88. The van der Waals surface area contributed by atoms with Crippen molar-refractivity contribution in [2.45, 2.75) is 50.5 Å². The summed E-state index contributed by atoms with van der Waals surface area (Å²) in [5, 5.41) is 2.86. The van der Waals surface area contributed by atoms with Crippen molar-refractivity contribution in [1.29, 1.82) is 0 Å². The van der Waals surface area contributed by atoms with E-state index in [1.54, 1.807) is 0 Å². The third kappa shape index (κ3) is 4.77. The second kappa shape index (κ2) is 8.07. The van der Waals surface area contributed by atoms with E-state index in [0.717, 1.165) is 12.5 Å². The van der Waals surface area contributed by atoms with Crippen molar-refractivity contribution in [2.24, 2.45) is 5.92 Å². The molecular weight excluding hydrogens is 331 g/mol. The van der Waals surface area contributed by atoms with Gasteiger partial charge in [0.15, 0.2) is 0 Å². The zero-order valence-electron chi connectivity index (χ0n) is 14.2. The number of nitrogens with zero attached hydrogens (tertiary/aromatic N) is 1. The first kappa shape index (κ1) is 18.9. The van der Waals surface area contributed by atoms with Crippen LogP contribution < -0.4 is 5.32 Å². The fraction of sp³-hybridized carbons (Fsp3) is 0.588. The van der Waals surface area contributed by atoms with Crippen molar-refractivity contribution < 1.29 is 17.6 Å². The summed E-state index contributed by atoms with van der Waals surface area (Å²) in [5.41, 5.74) is 0. The van der Waals surface area contributed by atoms with Crippen molar-refractivity contribution in [2.75, 3.05) is 13.1 Å². The minimum absolute atomic E-state index is 0.0337. The van der Waals surface area contributed by atoms with Crippen LogP contribution in [0.5, 0.6) is 0 Å². The maximum atomic E-state index is 13.8. The van der Waals surface area contributed by atoms with Crippen molar-refractivity contribution in [3.05, 3.63) is 30.1 Å². The fourth-order valence-electron chi connectivity index (χ4n) is 2.96. The Bertz CT molecular complexity index is 668. The van der Waals surface area contributed by atoms with Crippen LogP contribution in [-0.2, 0) is 14.8 Å². The van der Waals surface area contributed by atoms with E-state index in [1.165, 1.54) is 22.5 Å². The SMILES string of the molecule is CC(C)NC(=O)CCC1CCN(S(=O)(=O)c2ccccc2F)CC1. The van der Waals surface area contributed by atoms with E-state index < -0.39 is 15.8 Å². The van der Waals surface area contributed by atoms with Crippen molar-refractivity contribution in [3.8, 4) is 0 Å². The Morgan fingerprint density at radius 1 is 1.29 bits per heavy atom. The Hall–Kier alpha value is -1.47. The zero-order chi connectivity index (χ0) is 17.7. The predicted octanol–water partition coefficient (Wildman–Crippen LogP) is 2.53. The molecule has 0 spiro atoms. The molecule has 1 aliphatic rings. The van der Waals surface area contributed by atoms with Gasteiger partial charge in [-0.1, -0.05) is 12.1 Å². The highest BCUT2D eigenvalue weighted by Crippen LogP contribution is 2.27. The summed E-state index contributed by atoms with van der Waals surface area (Å²) in [6.07, 6.45) is 2.61. The van der Waals surface area contributed by atoms with Gasteiger partial charge in [0, 0.05) is 25.6 Å². The molecule has 0 radical (unpaired) electrons. The van der Waals surface area contributed by atoms with E-state index >= 15 is 0 Å². The molecule has 1 heterocycles. The quantitative estimate of drug-likeness (QED) is 0.852. The van der Waals surface area contributed by atoms with Gasteiger partial charge >= 0.3 is 0 Å². The Morgan fingerprint density at radius 2 is 1.92 bits per heavy atom. The lowest BCUT2D eigenvalue weighted by atomic mass is 9.93. The number of nitrogens with one attached hydrogen (secondary N) is 1. The van der Waals surface area contributed by atoms with E-state index in [1.807, 2.05) is 13.8 Å². The number of halogens is 1. The molecule has 1 aromatic carbocycles. The average molecular weight is 356 g/mol. The topological polar surface area (TPSA) is 66.5 Å². The Kier molecular flexibility index (Phi) is 6.34. The summed E-state index contributed by atoms with van der Waals surface area (Å²) in [7, 11) is -3.78. The van der Waals surface area contributed by atoms with Gasteiger partial charge in [-0.15, -0.1) is 0 Å². The average Bonchev–Trinajstić information content (AvgIpc) is 2.53. The van der Waals surface area contributed by atoms with Crippen LogP contribution in [0.4, 0.5) is 4.39 Å². The number of hydrogen-bond donors (Lipinski definition) is 1. The summed E-state index contributed by atoms with van der Waals surface area (Å²) in [5.74, 6) is -0.355. The lowest BCUT2D eigenvalue weighted by Crippen LogP contribution is -2.39. The molecule has 0 aliphatic carbocycles. The predicted molar refractivity (Wildman–Crippen MR) is 90.4 cm³/mol. The van der Waals surface area contributed by atoms with Gasteiger partial charge in [-0.2, -0.15) is 4.31 Å². The number of amides is 1. The molecule has 0 bridgehead atoms. The molecule has 7 heteroatoms. The van der Waals surface area contributed by atoms with Crippen LogP contribution in [-0.4, -0.2) is 37.8 Å². The molecule has 134 valence electrons. The van der Waals surface area contributed by atoms with Crippen LogP contribution in [0.3, 0.4) is 0 Å². The molecule has 1 fully saturated rings. The molecule has 5 nitrogen and oxygen atoms in total. The van der Waals surface area contributed by atoms with Gasteiger partial charge in [-0.05, 0) is 51.2 Å². The minimum Gasteiger partial charge on any atom is -0.354 e. The van der Waals surface area contributed by atoms with E-state index in [9.17, 15) is 17.6 Å². The molecule has 2 rings (SSSR count). The standard InChI is InChI=1S/C17H25FN2O3S/c1-13(2)19-17(21)8-7-14-9-11-20(12-10-14)24(22,23)16-6-4-3-5-15(16)18/h3-6,13-14H,7-12H2,1-2H3,(H,19,21). The van der Waals surface area contributed by atoms with E-state index in [-0.39, 0.29) is 16.8 Å². The summed E-state index contributed by atoms with van der Waals surface area (Å²) >= 11 is 0. The van der Waals surface area contributed by atoms with Gasteiger partial charge in [0.2, 0.25) is 15.9 Å². The first-order chi connectivity index (χ1) is 11.3. The second-order valence-corrected chi connectivity index (χ2v) is 8.45. The molecule has 0 aromatic heterocycles. The fourth-order valence-corrected chi connectivity index (χ4v) is 4.50. The normalized spacial score (nSPS) is 17.2.